The number of nitrogens with one attached hydrogen (secondary N) is 1. The Hall–Kier alpha value is -2.51. The Labute approximate surface area is 112 Å². The lowest BCUT2D eigenvalue weighted by atomic mass is 10.2. The van der Waals surface area contributed by atoms with Gasteiger partial charge in [-0.3, -0.25) is 9.48 Å². The highest BCUT2D eigenvalue weighted by atomic mass is 19.3. The van der Waals surface area contributed by atoms with Gasteiger partial charge >= 0.3 is 6.61 Å². The Morgan fingerprint density at radius 2 is 2.15 bits per heavy atom. The third-order valence-electron chi connectivity index (χ3n) is 2.35. The summed E-state index contributed by atoms with van der Waals surface area (Å²) in [6.07, 6.45) is 1.55. The molecule has 0 aliphatic carbocycles. The van der Waals surface area contributed by atoms with E-state index in [-0.39, 0.29) is 11.4 Å². The lowest BCUT2D eigenvalue weighted by Crippen LogP contribution is -2.15. The molecule has 0 saturated heterocycles. The van der Waals surface area contributed by atoms with E-state index in [0.717, 1.165) is 18.2 Å². The van der Waals surface area contributed by atoms with E-state index in [0.29, 0.717) is 0 Å². The number of aryl methyl sites for hydroxylation is 1. The quantitative estimate of drug-likeness (QED) is 0.938. The third kappa shape index (κ3) is 3.28. The number of alkyl halides is 2. The van der Waals surface area contributed by atoms with Crippen LogP contribution < -0.4 is 10.1 Å². The number of amides is 1. The normalized spacial score (nSPS) is 10.7. The molecule has 1 aromatic carbocycles. The van der Waals surface area contributed by atoms with Crippen molar-refractivity contribution in [3.63, 3.8) is 0 Å². The van der Waals surface area contributed by atoms with Gasteiger partial charge < -0.3 is 10.1 Å². The maximum atomic E-state index is 13.0. The SMILES string of the molecule is Cn1ccc(C(=O)Nc2ccc(F)cc2OC(F)F)n1. The Kier molecular flexibility index (Phi) is 3.92. The second-order valence-electron chi connectivity index (χ2n) is 3.85. The smallest absolute Gasteiger partial charge is 0.387 e. The average Bonchev–Trinajstić information content (AvgIpc) is 2.78. The van der Waals surface area contributed by atoms with Crippen molar-refractivity contribution in [3.8, 4) is 5.75 Å². The van der Waals surface area contributed by atoms with Crippen molar-refractivity contribution in [3.05, 3.63) is 42.0 Å². The second kappa shape index (κ2) is 5.64. The molecule has 1 N–H and O–H groups in total. The van der Waals surface area contributed by atoms with Crippen molar-refractivity contribution in [2.75, 3.05) is 5.32 Å². The molecular formula is C12H10F3N3O2. The first-order chi connectivity index (χ1) is 9.45. The van der Waals surface area contributed by atoms with Gasteiger partial charge in [0.2, 0.25) is 0 Å². The fourth-order valence-corrected chi connectivity index (χ4v) is 1.52. The first kappa shape index (κ1) is 13.9. The van der Waals surface area contributed by atoms with Gasteiger partial charge in [-0.1, -0.05) is 0 Å². The van der Waals surface area contributed by atoms with Gasteiger partial charge in [0.05, 0.1) is 5.69 Å². The van der Waals surface area contributed by atoms with Crippen molar-refractivity contribution in [2.24, 2.45) is 7.05 Å². The summed E-state index contributed by atoms with van der Waals surface area (Å²) in [4.78, 5) is 11.8. The van der Waals surface area contributed by atoms with E-state index in [4.69, 9.17) is 0 Å². The van der Waals surface area contributed by atoms with Crippen molar-refractivity contribution in [2.45, 2.75) is 6.61 Å². The van der Waals surface area contributed by atoms with Crippen molar-refractivity contribution >= 4 is 11.6 Å². The second-order valence-corrected chi connectivity index (χ2v) is 3.85. The number of hydrogen-bond donors (Lipinski definition) is 1. The number of carbonyl (C=O) groups is 1. The molecule has 2 aromatic rings. The van der Waals surface area contributed by atoms with E-state index in [1.54, 1.807) is 13.2 Å². The zero-order valence-electron chi connectivity index (χ0n) is 10.3. The maximum absolute atomic E-state index is 13.0. The summed E-state index contributed by atoms with van der Waals surface area (Å²) in [6, 6.07) is 4.37. The number of carbonyl (C=O) groups excluding carboxylic acids is 1. The molecule has 0 fully saturated rings. The van der Waals surface area contributed by atoms with E-state index in [9.17, 15) is 18.0 Å². The Morgan fingerprint density at radius 1 is 1.40 bits per heavy atom. The minimum atomic E-state index is -3.12. The summed E-state index contributed by atoms with van der Waals surface area (Å²) in [7, 11) is 1.63. The van der Waals surface area contributed by atoms with Crippen LogP contribution in [-0.4, -0.2) is 22.3 Å². The lowest BCUT2D eigenvalue weighted by molar-refractivity contribution is -0.0495. The number of aromatic nitrogens is 2. The fourth-order valence-electron chi connectivity index (χ4n) is 1.52. The molecule has 1 heterocycles. The molecule has 1 amide bonds. The molecule has 0 bridgehead atoms. The predicted octanol–water partition coefficient (Wildman–Crippen LogP) is 2.41. The average molecular weight is 285 g/mol. The molecule has 20 heavy (non-hydrogen) atoms. The van der Waals surface area contributed by atoms with E-state index in [1.165, 1.54) is 10.7 Å². The molecule has 0 unspecified atom stereocenters. The summed E-state index contributed by atoms with van der Waals surface area (Å²) in [5.74, 6) is -1.82. The molecule has 1 aromatic heterocycles. The van der Waals surface area contributed by atoms with Gasteiger partial charge in [-0.05, 0) is 18.2 Å². The predicted molar refractivity (Wildman–Crippen MR) is 64.2 cm³/mol. The summed E-state index contributed by atoms with van der Waals surface area (Å²) in [5.41, 5.74) is 0.0298. The van der Waals surface area contributed by atoms with Crippen LogP contribution in [0.4, 0.5) is 18.9 Å². The molecular weight excluding hydrogens is 275 g/mol. The first-order valence-electron chi connectivity index (χ1n) is 5.51. The zero-order chi connectivity index (χ0) is 14.7. The van der Waals surface area contributed by atoms with Crippen LogP contribution in [0.5, 0.6) is 5.75 Å². The number of halogens is 3. The summed E-state index contributed by atoms with van der Waals surface area (Å²) in [5, 5.41) is 6.19. The van der Waals surface area contributed by atoms with Crippen LogP contribution in [0.15, 0.2) is 30.5 Å². The van der Waals surface area contributed by atoms with E-state index in [1.807, 2.05) is 0 Å². The molecule has 0 aliphatic rings. The fraction of sp³-hybridized carbons (Fsp3) is 0.167. The first-order valence-corrected chi connectivity index (χ1v) is 5.51. The van der Waals surface area contributed by atoms with Crippen LogP contribution in [0.25, 0.3) is 0 Å². The van der Waals surface area contributed by atoms with Crippen LogP contribution in [0.1, 0.15) is 10.5 Å². The Bertz CT molecular complexity index is 628. The maximum Gasteiger partial charge on any atom is 0.387 e. The Balaban J connectivity index is 2.22. The van der Waals surface area contributed by atoms with Gasteiger partial charge in [-0.15, -0.1) is 0 Å². The monoisotopic (exact) mass is 285 g/mol. The molecule has 0 saturated carbocycles. The molecule has 0 atom stereocenters. The molecule has 2 rings (SSSR count). The van der Waals surface area contributed by atoms with Gasteiger partial charge in [0.25, 0.3) is 5.91 Å². The highest BCUT2D eigenvalue weighted by Gasteiger charge is 2.15. The van der Waals surface area contributed by atoms with Gasteiger partial charge in [-0.2, -0.15) is 13.9 Å². The van der Waals surface area contributed by atoms with Crippen LogP contribution in [-0.2, 0) is 7.05 Å². The van der Waals surface area contributed by atoms with Crippen LogP contribution in [0.3, 0.4) is 0 Å². The van der Waals surface area contributed by atoms with E-state index < -0.39 is 24.1 Å². The van der Waals surface area contributed by atoms with Gasteiger partial charge in [0.1, 0.15) is 5.82 Å². The van der Waals surface area contributed by atoms with Crippen LogP contribution in [0.2, 0.25) is 0 Å². The molecule has 0 radical (unpaired) electrons. The van der Waals surface area contributed by atoms with E-state index >= 15 is 0 Å². The van der Waals surface area contributed by atoms with Gasteiger partial charge in [0.15, 0.2) is 11.4 Å². The number of nitrogens with zero attached hydrogens (tertiary/aromatic N) is 2. The zero-order valence-corrected chi connectivity index (χ0v) is 10.3. The Morgan fingerprint density at radius 3 is 2.75 bits per heavy atom. The van der Waals surface area contributed by atoms with E-state index in [2.05, 4.69) is 15.2 Å². The molecule has 0 spiro atoms. The highest BCUT2D eigenvalue weighted by Crippen LogP contribution is 2.27. The minimum Gasteiger partial charge on any atom is -0.432 e. The highest BCUT2D eigenvalue weighted by molar-refractivity contribution is 6.03. The number of hydrogen-bond acceptors (Lipinski definition) is 3. The van der Waals surface area contributed by atoms with Crippen LogP contribution in [0, 0.1) is 5.82 Å². The minimum absolute atomic E-state index is 0.0673. The van der Waals surface area contributed by atoms with Gasteiger partial charge in [-0.25, -0.2) is 4.39 Å². The molecule has 106 valence electrons. The summed E-state index contributed by atoms with van der Waals surface area (Å²) in [6.45, 7) is -3.12. The van der Waals surface area contributed by atoms with Crippen molar-refractivity contribution < 1.29 is 22.7 Å². The lowest BCUT2D eigenvalue weighted by Gasteiger charge is -2.11. The van der Waals surface area contributed by atoms with Crippen LogP contribution >= 0.6 is 0 Å². The number of benzene rings is 1. The summed E-state index contributed by atoms with van der Waals surface area (Å²) < 4.78 is 43.0. The third-order valence-corrected chi connectivity index (χ3v) is 2.35. The molecule has 0 aliphatic heterocycles. The number of anilines is 1. The molecule has 8 heteroatoms. The standard InChI is InChI=1S/C12H10F3N3O2/c1-18-5-4-9(17-18)11(19)16-8-3-2-7(13)6-10(8)20-12(14)15/h2-6,12H,1H3,(H,16,19). The largest absolute Gasteiger partial charge is 0.432 e. The number of rotatable bonds is 4. The summed E-state index contributed by atoms with van der Waals surface area (Å²) >= 11 is 0. The van der Waals surface area contributed by atoms with Crippen molar-refractivity contribution in [1.82, 2.24) is 9.78 Å². The van der Waals surface area contributed by atoms with Crippen molar-refractivity contribution in [1.29, 1.82) is 0 Å². The van der Waals surface area contributed by atoms with Gasteiger partial charge in [0, 0.05) is 19.3 Å². The topological polar surface area (TPSA) is 56.2 Å². The number of ether oxygens (including phenoxy) is 1. The molecule has 5 nitrogen and oxygen atoms in total.